The van der Waals surface area contributed by atoms with E-state index in [9.17, 15) is 9.59 Å². The molecule has 166 valence electrons. The Labute approximate surface area is 192 Å². The smallest absolute Gasteiger partial charge is 0.243 e. The quantitative estimate of drug-likeness (QED) is 0.470. The van der Waals surface area contributed by atoms with E-state index in [-0.39, 0.29) is 24.8 Å². The summed E-state index contributed by atoms with van der Waals surface area (Å²) in [4.78, 5) is 29.6. The van der Waals surface area contributed by atoms with Crippen molar-refractivity contribution in [2.24, 2.45) is 0 Å². The third-order valence-corrected chi connectivity index (χ3v) is 6.03. The highest BCUT2D eigenvalue weighted by Gasteiger charge is 2.14. The number of rotatable bonds is 6. The van der Waals surface area contributed by atoms with Crippen molar-refractivity contribution in [3.8, 4) is 11.3 Å². The van der Waals surface area contributed by atoms with Gasteiger partial charge in [0.05, 0.1) is 18.7 Å². The lowest BCUT2D eigenvalue weighted by molar-refractivity contribution is -0.123. The predicted octanol–water partition coefficient (Wildman–Crippen LogP) is 4.34. The average Bonchev–Trinajstić information content (AvgIpc) is 3.28. The van der Waals surface area contributed by atoms with Gasteiger partial charge in [-0.1, -0.05) is 54.6 Å². The van der Waals surface area contributed by atoms with Crippen LogP contribution < -0.4 is 10.6 Å². The molecule has 1 aliphatic rings. The van der Waals surface area contributed by atoms with E-state index in [1.54, 1.807) is 0 Å². The molecule has 1 aromatic heterocycles. The van der Waals surface area contributed by atoms with Crippen molar-refractivity contribution in [2.75, 3.05) is 11.9 Å². The van der Waals surface area contributed by atoms with E-state index in [0.717, 1.165) is 46.4 Å². The maximum atomic E-state index is 12.4. The fourth-order valence-electron chi connectivity index (χ4n) is 4.37. The summed E-state index contributed by atoms with van der Waals surface area (Å²) in [5, 5.41) is 7.75. The van der Waals surface area contributed by atoms with Crippen LogP contribution in [0.5, 0.6) is 0 Å². The summed E-state index contributed by atoms with van der Waals surface area (Å²) < 4.78 is 2.22. The van der Waals surface area contributed by atoms with E-state index in [2.05, 4.69) is 21.4 Å². The third-order valence-electron chi connectivity index (χ3n) is 6.03. The van der Waals surface area contributed by atoms with Crippen LogP contribution in [0.3, 0.4) is 0 Å². The zero-order chi connectivity index (χ0) is 22.6. The van der Waals surface area contributed by atoms with Crippen LogP contribution in [0.2, 0.25) is 0 Å². The van der Waals surface area contributed by atoms with E-state index in [0.29, 0.717) is 5.69 Å². The summed E-state index contributed by atoms with van der Waals surface area (Å²) in [6.45, 7) is 0.934. The van der Waals surface area contributed by atoms with Crippen LogP contribution in [0, 0.1) is 0 Å². The summed E-state index contributed by atoms with van der Waals surface area (Å²) in [5.74, 6) is 0.681. The van der Waals surface area contributed by atoms with Gasteiger partial charge in [0.25, 0.3) is 0 Å². The first-order valence-corrected chi connectivity index (χ1v) is 11.4. The van der Waals surface area contributed by atoms with Crippen molar-refractivity contribution in [3.05, 3.63) is 84.3 Å². The number of anilines is 1. The van der Waals surface area contributed by atoms with Gasteiger partial charge in [-0.3, -0.25) is 9.59 Å². The fraction of sp³-hybridized carbons (Fsp3) is 0.222. The van der Waals surface area contributed by atoms with E-state index in [1.165, 1.54) is 12.8 Å². The zero-order valence-corrected chi connectivity index (χ0v) is 18.4. The molecule has 2 heterocycles. The lowest BCUT2D eigenvalue weighted by Gasteiger charge is -2.11. The number of nitrogens with zero attached hydrogens (tertiary/aromatic N) is 2. The van der Waals surface area contributed by atoms with Gasteiger partial charge in [0, 0.05) is 30.4 Å². The van der Waals surface area contributed by atoms with Gasteiger partial charge in [0.2, 0.25) is 11.8 Å². The molecule has 0 atom stereocenters. The Balaban J connectivity index is 1.19. The van der Waals surface area contributed by atoms with E-state index in [1.807, 2.05) is 66.7 Å². The summed E-state index contributed by atoms with van der Waals surface area (Å²) >= 11 is 0. The maximum absolute atomic E-state index is 12.4. The van der Waals surface area contributed by atoms with Gasteiger partial charge in [-0.25, -0.2) is 4.98 Å². The third kappa shape index (κ3) is 4.80. The molecular weight excluding hydrogens is 412 g/mol. The Morgan fingerprint density at radius 2 is 1.79 bits per heavy atom. The lowest BCUT2D eigenvalue weighted by atomic mass is 10.0. The second kappa shape index (κ2) is 9.28. The predicted molar refractivity (Wildman–Crippen MR) is 130 cm³/mol. The normalized spacial score (nSPS) is 12.8. The highest BCUT2D eigenvalue weighted by Crippen LogP contribution is 2.25. The molecule has 2 amide bonds. The van der Waals surface area contributed by atoms with Gasteiger partial charge in [-0.15, -0.1) is 0 Å². The number of imidazole rings is 1. The van der Waals surface area contributed by atoms with E-state index in [4.69, 9.17) is 4.98 Å². The van der Waals surface area contributed by atoms with Gasteiger partial charge in [-0.05, 0) is 41.3 Å². The van der Waals surface area contributed by atoms with Crippen molar-refractivity contribution < 1.29 is 9.59 Å². The van der Waals surface area contributed by atoms with Crippen LogP contribution in [0.15, 0.2) is 72.9 Å². The maximum Gasteiger partial charge on any atom is 0.243 e. The molecule has 6 heteroatoms. The Hall–Kier alpha value is -3.93. The molecule has 5 rings (SSSR count). The number of hydrogen-bond donors (Lipinski definition) is 2. The number of aryl methyl sites for hydroxylation is 2. The minimum atomic E-state index is -0.262. The highest BCUT2D eigenvalue weighted by molar-refractivity contribution is 5.96. The standard InChI is InChI=1S/C27H26N4O2/c32-26(16-20-9-5-8-19-7-1-2-12-23(19)20)28-17-27(33)29-22-11-6-10-21(15-22)24-18-31-14-4-3-13-25(31)30-24/h1-2,5-12,15,18H,3-4,13-14,16-17H2,(H,28,32)(H,29,33). The second-order valence-corrected chi connectivity index (χ2v) is 8.41. The van der Waals surface area contributed by atoms with Gasteiger partial charge in [-0.2, -0.15) is 0 Å². The van der Waals surface area contributed by atoms with Gasteiger partial charge >= 0.3 is 0 Å². The number of amides is 2. The molecule has 6 nitrogen and oxygen atoms in total. The van der Waals surface area contributed by atoms with Crippen LogP contribution in [-0.2, 0) is 29.0 Å². The monoisotopic (exact) mass is 438 g/mol. The molecule has 4 aromatic rings. The Kier molecular flexibility index (Phi) is 5.89. The minimum absolute atomic E-state index is 0.0768. The van der Waals surface area contributed by atoms with Crippen molar-refractivity contribution >= 4 is 28.3 Å². The minimum Gasteiger partial charge on any atom is -0.347 e. The first-order chi connectivity index (χ1) is 16.2. The largest absolute Gasteiger partial charge is 0.347 e. The molecule has 0 radical (unpaired) electrons. The molecule has 0 saturated heterocycles. The van der Waals surface area contributed by atoms with Crippen LogP contribution in [0.4, 0.5) is 5.69 Å². The lowest BCUT2D eigenvalue weighted by Crippen LogP contribution is -2.33. The van der Waals surface area contributed by atoms with Crippen LogP contribution in [-0.4, -0.2) is 27.9 Å². The van der Waals surface area contributed by atoms with Gasteiger partial charge in [0.1, 0.15) is 5.82 Å². The number of carbonyl (C=O) groups excluding carboxylic acids is 2. The molecule has 1 aliphatic heterocycles. The van der Waals surface area contributed by atoms with Gasteiger partial charge in [0.15, 0.2) is 0 Å². The first-order valence-electron chi connectivity index (χ1n) is 11.4. The van der Waals surface area contributed by atoms with Gasteiger partial charge < -0.3 is 15.2 Å². The Bertz CT molecular complexity index is 1300. The molecule has 0 saturated carbocycles. The molecule has 3 aromatic carbocycles. The number of hydrogen-bond acceptors (Lipinski definition) is 3. The van der Waals surface area contributed by atoms with Crippen LogP contribution in [0.25, 0.3) is 22.0 Å². The van der Waals surface area contributed by atoms with Crippen LogP contribution in [0.1, 0.15) is 24.2 Å². The number of benzene rings is 3. The summed E-state index contributed by atoms with van der Waals surface area (Å²) in [6.07, 6.45) is 5.69. The average molecular weight is 439 g/mol. The SMILES string of the molecule is O=C(Cc1cccc2ccccc12)NCC(=O)Nc1cccc(-c2cn3c(n2)CCCC3)c1. The molecule has 0 fully saturated rings. The van der Waals surface area contributed by atoms with Crippen molar-refractivity contribution in [2.45, 2.75) is 32.2 Å². The second-order valence-electron chi connectivity index (χ2n) is 8.41. The van der Waals surface area contributed by atoms with Crippen molar-refractivity contribution in [1.82, 2.24) is 14.9 Å². The van der Waals surface area contributed by atoms with E-state index < -0.39 is 0 Å². The molecule has 33 heavy (non-hydrogen) atoms. The molecule has 0 unspecified atom stereocenters. The topological polar surface area (TPSA) is 76.0 Å². The molecule has 2 N–H and O–H groups in total. The van der Waals surface area contributed by atoms with Crippen LogP contribution >= 0.6 is 0 Å². The molecular formula is C27H26N4O2. The van der Waals surface area contributed by atoms with Crippen molar-refractivity contribution in [1.29, 1.82) is 0 Å². The summed E-state index contributed by atoms with van der Waals surface area (Å²) in [5.41, 5.74) is 3.52. The fourth-order valence-corrected chi connectivity index (χ4v) is 4.37. The number of aromatic nitrogens is 2. The molecule has 0 bridgehead atoms. The highest BCUT2D eigenvalue weighted by atomic mass is 16.2. The van der Waals surface area contributed by atoms with Crippen molar-refractivity contribution in [3.63, 3.8) is 0 Å². The Morgan fingerprint density at radius 1 is 0.939 bits per heavy atom. The van der Waals surface area contributed by atoms with E-state index >= 15 is 0 Å². The summed E-state index contributed by atoms with van der Waals surface area (Å²) in [7, 11) is 0. The zero-order valence-electron chi connectivity index (χ0n) is 18.4. The number of fused-ring (bicyclic) bond motifs is 2. The summed E-state index contributed by atoms with van der Waals surface area (Å²) in [6, 6.07) is 21.6. The molecule has 0 aliphatic carbocycles. The number of carbonyl (C=O) groups is 2. The Morgan fingerprint density at radius 3 is 2.70 bits per heavy atom. The molecule has 0 spiro atoms. The first kappa shape index (κ1) is 20.9. The number of nitrogens with one attached hydrogen (secondary N) is 2.